The molecule has 4 rings (SSSR count). The third-order valence-electron chi connectivity index (χ3n) is 4.12. The molecule has 0 unspecified atom stereocenters. The predicted molar refractivity (Wildman–Crippen MR) is 96.8 cm³/mol. The fourth-order valence-electron chi connectivity index (χ4n) is 2.95. The monoisotopic (exact) mass is 350 g/mol. The third-order valence-corrected chi connectivity index (χ3v) is 4.45. The van der Waals surface area contributed by atoms with E-state index in [9.17, 15) is 9.59 Å². The molecule has 5 nitrogen and oxygen atoms in total. The van der Waals surface area contributed by atoms with Gasteiger partial charge in [0.05, 0.1) is 16.3 Å². The molecule has 0 saturated heterocycles. The molecular formula is C19H11ClN2O3. The molecule has 0 heterocycles. The number of hydrogen-bond donors (Lipinski definition) is 2. The molecule has 6 heteroatoms. The fourth-order valence-corrected chi connectivity index (χ4v) is 3.11. The van der Waals surface area contributed by atoms with E-state index >= 15 is 0 Å². The van der Waals surface area contributed by atoms with Crippen LogP contribution < -0.4 is 5.43 Å². The van der Waals surface area contributed by atoms with Crippen molar-refractivity contribution in [1.29, 1.82) is 0 Å². The standard InChI is InChI=1S/C19H11ClN2O3/c20-14-8-7-11(19(24)25)9-15(14)21-22-17-12-5-1-3-10-4-2-6-13(16(10)12)18(17)23/h1-9,21H,(H,24,25)/b22-17-. The molecule has 0 aliphatic heterocycles. The summed E-state index contributed by atoms with van der Waals surface area (Å²) >= 11 is 6.08. The molecule has 0 amide bonds. The van der Waals surface area contributed by atoms with Crippen molar-refractivity contribution in [2.24, 2.45) is 5.10 Å². The van der Waals surface area contributed by atoms with Crippen LogP contribution in [-0.2, 0) is 0 Å². The van der Waals surface area contributed by atoms with Crippen LogP contribution in [0.2, 0.25) is 5.02 Å². The predicted octanol–water partition coefficient (Wildman–Crippen LogP) is 4.20. The maximum atomic E-state index is 12.7. The first kappa shape index (κ1) is 15.4. The van der Waals surface area contributed by atoms with E-state index in [2.05, 4.69) is 10.5 Å². The highest BCUT2D eigenvalue weighted by molar-refractivity contribution is 6.59. The summed E-state index contributed by atoms with van der Waals surface area (Å²) in [6.45, 7) is 0. The maximum absolute atomic E-state index is 12.7. The van der Waals surface area contributed by atoms with Crippen LogP contribution >= 0.6 is 11.6 Å². The van der Waals surface area contributed by atoms with E-state index in [1.165, 1.54) is 18.2 Å². The number of nitrogens with zero attached hydrogens (tertiary/aromatic N) is 1. The van der Waals surface area contributed by atoms with Crippen LogP contribution in [-0.4, -0.2) is 22.6 Å². The lowest BCUT2D eigenvalue weighted by atomic mass is 10.1. The summed E-state index contributed by atoms with van der Waals surface area (Å²) < 4.78 is 0. The molecule has 2 N–H and O–H groups in total. The summed E-state index contributed by atoms with van der Waals surface area (Å²) in [5.74, 6) is -1.24. The molecule has 0 aromatic heterocycles. The van der Waals surface area contributed by atoms with Gasteiger partial charge in [-0.25, -0.2) is 4.79 Å². The van der Waals surface area contributed by atoms with Crippen LogP contribution in [0, 0.1) is 0 Å². The molecule has 3 aromatic rings. The van der Waals surface area contributed by atoms with Crippen molar-refractivity contribution in [1.82, 2.24) is 0 Å². The van der Waals surface area contributed by atoms with Gasteiger partial charge in [0, 0.05) is 16.5 Å². The number of Topliss-reactive ketones (excluding diaryl/α,β-unsaturated/α-hetero) is 1. The summed E-state index contributed by atoms with van der Waals surface area (Å²) in [7, 11) is 0. The zero-order valence-electron chi connectivity index (χ0n) is 12.8. The van der Waals surface area contributed by atoms with Crippen molar-refractivity contribution in [2.75, 3.05) is 5.43 Å². The van der Waals surface area contributed by atoms with E-state index in [1.807, 2.05) is 30.3 Å². The van der Waals surface area contributed by atoms with Crippen LogP contribution in [0.4, 0.5) is 5.69 Å². The molecule has 0 bridgehead atoms. The molecule has 1 aliphatic carbocycles. The zero-order chi connectivity index (χ0) is 17.6. The smallest absolute Gasteiger partial charge is 0.335 e. The first-order valence-electron chi connectivity index (χ1n) is 7.49. The van der Waals surface area contributed by atoms with Gasteiger partial charge in [-0.05, 0) is 23.6 Å². The van der Waals surface area contributed by atoms with Gasteiger partial charge in [0.15, 0.2) is 0 Å². The number of halogens is 1. The number of benzene rings is 3. The maximum Gasteiger partial charge on any atom is 0.335 e. The first-order valence-corrected chi connectivity index (χ1v) is 7.87. The van der Waals surface area contributed by atoms with Crippen LogP contribution in [0.5, 0.6) is 0 Å². The number of carbonyl (C=O) groups is 2. The molecule has 0 atom stereocenters. The van der Waals surface area contributed by atoms with Crippen molar-refractivity contribution in [3.8, 4) is 0 Å². The number of hydrazone groups is 1. The number of carboxylic acid groups (broad SMARTS) is 1. The number of anilines is 1. The zero-order valence-corrected chi connectivity index (χ0v) is 13.5. The Morgan fingerprint density at radius 3 is 2.48 bits per heavy atom. The average molecular weight is 351 g/mol. The second kappa shape index (κ2) is 5.72. The lowest BCUT2D eigenvalue weighted by molar-refractivity contribution is 0.0696. The van der Waals surface area contributed by atoms with Gasteiger partial charge in [-0.1, -0.05) is 48.0 Å². The molecule has 0 saturated carbocycles. The summed E-state index contributed by atoms with van der Waals surface area (Å²) in [5.41, 5.74) is 4.77. The minimum atomic E-state index is -1.07. The summed E-state index contributed by atoms with van der Waals surface area (Å²) in [5, 5.41) is 15.5. The highest BCUT2D eigenvalue weighted by atomic mass is 35.5. The Kier molecular flexibility index (Phi) is 3.51. The Morgan fingerprint density at radius 1 is 1.04 bits per heavy atom. The summed E-state index contributed by atoms with van der Waals surface area (Å²) in [6, 6.07) is 15.5. The van der Waals surface area contributed by atoms with Gasteiger partial charge < -0.3 is 5.11 Å². The highest BCUT2D eigenvalue weighted by Gasteiger charge is 2.28. The Morgan fingerprint density at radius 2 is 1.76 bits per heavy atom. The fraction of sp³-hybridized carbons (Fsp3) is 0. The average Bonchev–Trinajstić information content (AvgIpc) is 2.88. The van der Waals surface area contributed by atoms with Crippen LogP contribution in [0.1, 0.15) is 26.3 Å². The van der Waals surface area contributed by atoms with Crippen molar-refractivity contribution >= 4 is 45.5 Å². The van der Waals surface area contributed by atoms with Crippen LogP contribution in [0.15, 0.2) is 59.7 Å². The van der Waals surface area contributed by atoms with E-state index in [0.29, 0.717) is 16.3 Å². The Hall–Kier alpha value is -3.18. The van der Waals surface area contributed by atoms with Gasteiger partial charge in [0.2, 0.25) is 5.78 Å². The lowest BCUT2D eigenvalue weighted by Crippen LogP contribution is -2.11. The molecule has 0 radical (unpaired) electrons. The normalized spacial score (nSPS) is 14.3. The summed E-state index contributed by atoms with van der Waals surface area (Å²) in [6.07, 6.45) is 0. The summed E-state index contributed by atoms with van der Waals surface area (Å²) in [4.78, 5) is 23.8. The molecule has 0 spiro atoms. The van der Waals surface area contributed by atoms with Gasteiger partial charge in [-0.15, -0.1) is 0 Å². The Labute approximate surface area is 147 Å². The number of rotatable bonds is 3. The molecule has 122 valence electrons. The minimum absolute atomic E-state index is 0.0789. The van der Waals surface area contributed by atoms with Gasteiger partial charge in [0.1, 0.15) is 5.71 Å². The van der Waals surface area contributed by atoms with Gasteiger partial charge in [0.25, 0.3) is 0 Å². The van der Waals surface area contributed by atoms with E-state index in [1.54, 1.807) is 6.07 Å². The quantitative estimate of drug-likeness (QED) is 0.694. The Balaban J connectivity index is 1.77. The molecule has 1 aliphatic rings. The van der Waals surface area contributed by atoms with Gasteiger partial charge >= 0.3 is 5.97 Å². The second-order valence-corrected chi connectivity index (χ2v) is 6.02. The molecule has 25 heavy (non-hydrogen) atoms. The van der Waals surface area contributed by atoms with Crippen LogP contribution in [0.3, 0.4) is 0 Å². The van der Waals surface area contributed by atoms with E-state index in [4.69, 9.17) is 16.7 Å². The number of aromatic carboxylic acids is 1. The lowest BCUT2D eigenvalue weighted by Gasteiger charge is -2.06. The van der Waals surface area contributed by atoms with Gasteiger partial charge in [-0.2, -0.15) is 5.10 Å². The van der Waals surface area contributed by atoms with Gasteiger partial charge in [-0.3, -0.25) is 10.2 Å². The number of ketones is 1. The van der Waals surface area contributed by atoms with E-state index in [0.717, 1.165) is 16.3 Å². The number of hydrogen-bond acceptors (Lipinski definition) is 4. The first-order chi connectivity index (χ1) is 12.1. The number of nitrogens with one attached hydrogen (secondary N) is 1. The largest absolute Gasteiger partial charge is 0.478 e. The number of carboxylic acids is 1. The SMILES string of the molecule is O=C(O)c1ccc(Cl)c(N/N=C2\C(=O)c3cccc4cccc2c34)c1. The Bertz CT molecular complexity index is 1080. The topological polar surface area (TPSA) is 78.8 Å². The van der Waals surface area contributed by atoms with Crippen molar-refractivity contribution < 1.29 is 14.7 Å². The third kappa shape index (κ3) is 2.45. The second-order valence-electron chi connectivity index (χ2n) is 5.61. The molecule has 3 aromatic carbocycles. The minimum Gasteiger partial charge on any atom is -0.478 e. The van der Waals surface area contributed by atoms with Crippen LogP contribution in [0.25, 0.3) is 10.8 Å². The van der Waals surface area contributed by atoms with Crippen molar-refractivity contribution in [2.45, 2.75) is 0 Å². The molecular weight excluding hydrogens is 340 g/mol. The highest BCUT2D eigenvalue weighted by Crippen LogP contribution is 2.31. The van der Waals surface area contributed by atoms with E-state index < -0.39 is 5.97 Å². The molecule has 0 fully saturated rings. The van der Waals surface area contributed by atoms with Crippen molar-refractivity contribution in [3.05, 3.63) is 76.3 Å². The van der Waals surface area contributed by atoms with Crippen molar-refractivity contribution in [3.63, 3.8) is 0 Å². The number of carbonyl (C=O) groups excluding carboxylic acids is 1. The van der Waals surface area contributed by atoms with E-state index in [-0.39, 0.29) is 17.1 Å².